The Kier molecular flexibility index (Phi) is 3.00. The van der Waals surface area contributed by atoms with Crippen LogP contribution in [0.3, 0.4) is 0 Å². The van der Waals surface area contributed by atoms with Gasteiger partial charge in [0.25, 0.3) is 5.92 Å². The van der Waals surface area contributed by atoms with Gasteiger partial charge in [0.15, 0.2) is 0 Å². The summed E-state index contributed by atoms with van der Waals surface area (Å²) in [6.45, 7) is -0.125. The number of fused-ring (bicyclic) bond motifs is 1. The molecule has 4 nitrogen and oxygen atoms in total. The molecule has 4 aliphatic rings. The highest BCUT2D eigenvalue weighted by molar-refractivity contribution is 5.69. The van der Waals surface area contributed by atoms with Gasteiger partial charge in [-0.25, -0.2) is 18.7 Å². The van der Waals surface area contributed by atoms with Gasteiger partial charge in [-0.15, -0.1) is 0 Å². The van der Waals surface area contributed by atoms with Crippen LogP contribution in [0.2, 0.25) is 0 Å². The third kappa shape index (κ3) is 1.82. The lowest BCUT2D eigenvalue weighted by molar-refractivity contribution is -0.165. The standard InChI is InChI=1S/C16H18F2N2O2/c17-16(18)10-2-3-11-12(8-10)15(11,16)9-22-14(21)5-4-13-19-6-1-7-20-13/h1,6-7,10-12H,2-5,8-9H2. The van der Waals surface area contributed by atoms with E-state index < -0.39 is 23.2 Å². The van der Waals surface area contributed by atoms with Gasteiger partial charge in [0.05, 0.1) is 11.8 Å². The Morgan fingerprint density at radius 2 is 2.05 bits per heavy atom. The summed E-state index contributed by atoms with van der Waals surface area (Å²) in [5.74, 6) is -2.93. The molecule has 118 valence electrons. The number of aryl methyl sites for hydroxylation is 1. The molecule has 6 heteroatoms. The van der Waals surface area contributed by atoms with Gasteiger partial charge in [0.2, 0.25) is 0 Å². The number of rotatable bonds is 5. The zero-order chi connectivity index (χ0) is 15.4. The summed E-state index contributed by atoms with van der Waals surface area (Å²) in [5.41, 5.74) is -1.05. The number of hydrogen-bond acceptors (Lipinski definition) is 4. The number of nitrogens with zero attached hydrogens (tertiary/aromatic N) is 2. The molecular formula is C16H18F2N2O2. The molecule has 0 N–H and O–H groups in total. The second kappa shape index (κ2) is 4.70. The molecule has 4 fully saturated rings. The van der Waals surface area contributed by atoms with Crippen LogP contribution in [0, 0.1) is 23.2 Å². The first-order valence-corrected chi connectivity index (χ1v) is 7.85. The molecule has 4 aliphatic carbocycles. The molecule has 0 saturated heterocycles. The molecule has 4 bridgehead atoms. The van der Waals surface area contributed by atoms with E-state index in [1.54, 1.807) is 18.5 Å². The average molecular weight is 308 g/mol. The van der Waals surface area contributed by atoms with E-state index in [1.807, 2.05) is 0 Å². The van der Waals surface area contributed by atoms with Crippen LogP contribution in [0.15, 0.2) is 18.5 Å². The zero-order valence-corrected chi connectivity index (χ0v) is 12.2. The van der Waals surface area contributed by atoms with Crippen molar-refractivity contribution in [1.29, 1.82) is 0 Å². The Balaban J connectivity index is 1.33. The quantitative estimate of drug-likeness (QED) is 0.785. The monoisotopic (exact) mass is 308 g/mol. The van der Waals surface area contributed by atoms with Crippen LogP contribution in [0.4, 0.5) is 8.78 Å². The molecule has 0 aromatic carbocycles. The van der Waals surface area contributed by atoms with Crippen molar-refractivity contribution >= 4 is 5.97 Å². The highest BCUT2D eigenvalue weighted by Crippen LogP contribution is 2.81. The fraction of sp³-hybridized carbons (Fsp3) is 0.688. The number of carbonyl (C=O) groups is 1. The fourth-order valence-corrected chi connectivity index (χ4v) is 4.70. The predicted octanol–water partition coefficient (Wildman–Crippen LogP) is 2.63. The largest absolute Gasteiger partial charge is 0.465 e. The Labute approximate surface area is 127 Å². The van der Waals surface area contributed by atoms with Gasteiger partial charge in [-0.1, -0.05) is 0 Å². The van der Waals surface area contributed by atoms with Gasteiger partial charge in [-0.05, 0) is 37.2 Å². The first kappa shape index (κ1) is 14.0. The molecule has 0 amide bonds. The SMILES string of the molecule is O=C(CCc1ncccn1)OCC12C3CCC(CC31)C2(F)F. The normalized spacial score (nSPS) is 36.9. The first-order valence-electron chi connectivity index (χ1n) is 7.85. The second-order valence-electron chi connectivity index (χ2n) is 6.71. The third-order valence-electron chi connectivity index (χ3n) is 5.84. The summed E-state index contributed by atoms with van der Waals surface area (Å²) in [6.07, 6.45) is 5.81. The number of ether oxygens (including phenoxy) is 1. The van der Waals surface area contributed by atoms with Crippen LogP contribution in [-0.2, 0) is 16.0 Å². The summed E-state index contributed by atoms with van der Waals surface area (Å²) in [4.78, 5) is 19.9. The van der Waals surface area contributed by atoms with Crippen molar-refractivity contribution in [3.05, 3.63) is 24.3 Å². The highest BCUT2D eigenvalue weighted by Gasteiger charge is 2.85. The molecule has 4 saturated carbocycles. The van der Waals surface area contributed by atoms with Crippen molar-refractivity contribution in [3.8, 4) is 0 Å². The van der Waals surface area contributed by atoms with E-state index in [0.717, 1.165) is 6.42 Å². The van der Waals surface area contributed by atoms with E-state index in [2.05, 4.69) is 9.97 Å². The minimum atomic E-state index is -2.66. The van der Waals surface area contributed by atoms with E-state index in [9.17, 15) is 13.6 Å². The van der Waals surface area contributed by atoms with E-state index in [1.165, 1.54) is 0 Å². The van der Waals surface area contributed by atoms with Gasteiger partial charge < -0.3 is 4.74 Å². The lowest BCUT2D eigenvalue weighted by Gasteiger charge is -2.35. The van der Waals surface area contributed by atoms with E-state index in [4.69, 9.17) is 4.74 Å². The first-order chi connectivity index (χ1) is 10.6. The maximum atomic E-state index is 14.4. The smallest absolute Gasteiger partial charge is 0.306 e. The second-order valence-corrected chi connectivity index (χ2v) is 6.71. The van der Waals surface area contributed by atoms with Crippen LogP contribution in [0.5, 0.6) is 0 Å². The molecule has 0 spiro atoms. The number of esters is 1. The molecule has 4 atom stereocenters. The Morgan fingerprint density at radius 1 is 1.27 bits per heavy atom. The molecule has 4 unspecified atom stereocenters. The highest BCUT2D eigenvalue weighted by atomic mass is 19.3. The summed E-state index contributed by atoms with van der Waals surface area (Å²) < 4.78 is 34.0. The molecule has 1 aromatic rings. The van der Waals surface area contributed by atoms with Crippen molar-refractivity contribution in [2.75, 3.05) is 6.61 Å². The molecule has 1 aromatic heterocycles. The topological polar surface area (TPSA) is 52.1 Å². The summed E-state index contributed by atoms with van der Waals surface area (Å²) in [5, 5.41) is 0. The molecular weight excluding hydrogens is 290 g/mol. The van der Waals surface area contributed by atoms with Gasteiger partial charge in [-0.3, -0.25) is 4.79 Å². The molecule has 22 heavy (non-hydrogen) atoms. The van der Waals surface area contributed by atoms with Gasteiger partial charge >= 0.3 is 5.97 Å². The molecule has 5 rings (SSSR count). The summed E-state index contributed by atoms with van der Waals surface area (Å²) in [7, 11) is 0. The van der Waals surface area contributed by atoms with E-state index in [-0.39, 0.29) is 24.9 Å². The number of halogens is 2. The Bertz CT molecular complexity index is 589. The minimum absolute atomic E-state index is 0.0535. The predicted molar refractivity (Wildman–Crippen MR) is 73.0 cm³/mol. The Hall–Kier alpha value is -1.59. The molecule has 1 heterocycles. The van der Waals surface area contributed by atoms with Crippen molar-refractivity contribution in [3.63, 3.8) is 0 Å². The van der Waals surface area contributed by atoms with Crippen molar-refractivity contribution in [2.24, 2.45) is 23.2 Å². The summed E-state index contributed by atoms with van der Waals surface area (Å²) >= 11 is 0. The van der Waals surface area contributed by atoms with Gasteiger partial charge in [0, 0.05) is 24.7 Å². The number of hydrogen-bond donors (Lipinski definition) is 0. The van der Waals surface area contributed by atoms with E-state index in [0.29, 0.717) is 25.1 Å². The van der Waals surface area contributed by atoms with Gasteiger partial charge in [0.1, 0.15) is 12.4 Å². The maximum absolute atomic E-state index is 14.4. The van der Waals surface area contributed by atoms with Crippen LogP contribution < -0.4 is 0 Å². The average Bonchev–Trinajstić information content (AvgIpc) is 3.15. The van der Waals surface area contributed by atoms with Crippen LogP contribution >= 0.6 is 0 Å². The van der Waals surface area contributed by atoms with Crippen LogP contribution in [0.1, 0.15) is 31.5 Å². The third-order valence-corrected chi connectivity index (χ3v) is 5.84. The number of carbonyl (C=O) groups excluding carboxylic acids is 1. The summed E-state index contributed by atoms with van der Waals surface area (Å²) in [6, 6.07) is 1.70. The van der Waals surface area contributed by atoms with E-state index >= 15 is 0 Å². The van der Waals surface area contributed by atoms with Crippen LogP contribution in [0.25, 0.3) is 0 Å². The number of aromatic nitrogens is 2. The number of alkyl halides is 2. The van der Waals surface area contributed by atoms with Crippen molar-refractivity contribution in [2.45, 2.75) is 38.0 Å². The fourth-order valence-electron chi connectivity index (χ4n) is 4.70. The maximum Gasteiger partial charge on any atom is 0.306 e. The zero-order valence-electron chi connectivity index (χ0n) is 12.2. The van der Waals surface area contributed by atoms with Crippen molar-refractivity contribution in [1.82, 2.24) is 9.97 Å². The van der Waals surface area contributed by atoms with Crippen LogP contribution in [-0.4, -0.2) is 28.5 Å². The Morgan fingerprint density at radius 3 is 2.68 bits per heavy atom. The molecule has 0 radical (unpaired) electrons. The van der Waals surface area contributed by atoms with Gasteiger partial charge in [-0.2, -0.15) is 0 Å². The lowest BCUT2D eigenvalue weighted by Crippen LogP contribution is -2.42. The van der Waals surface area contributed by atoms with Crippen molar-refractivity contribution < 1.29 is 18.3 Å². The molecule has 0 aliphatic heterocycles. The lowest BCUT2D eigenvalue weighted by atomic mass is 9.78. The minimum Gasteiger partial charge on any atom is -0.465 e.